The summed E-state index contributed by atoms with van der Waals surface area (Å²) in [6.45, 7) is 2.85. The van der Waals surface area contributed by atoms with Crippen molar-refractivity contribution >= 4 is 26.0 Å². The number of benzene rings is 1. The summed E-state index contributed by atoms with van der Waals surface area (Å²) in [5.74, 6) is 0. The van der Waals surface area contributed by atoms with Gasteiger partial charge in [0.25, 0.3) is 0 Å². The molecule has 1 N–H and O–H groups in total. The topological polar surface area (TPSA) is 58.6 Å². The summed E-state index contributed by atoms with van der Waals surface area (Å²) in [6.07, 6.45) is 0. The second-order valence-corrected chi connectivity index (χ2v) is 7.44. The molecule has 0 fully saturated rings. The van der Waals surface area contributed by atoms with Gasteiger partial charge in [-0.1, -0.05) is 6.07 Å². The molecule has 114 valence electrons. The van der Waals surface area contributed by atoms with Gasteiger partial charge in [0.05, 0.1) is 11.5 Å². The fourth-order valence-electron chi connectivity index (χ4n) is 1.81. The fourth-order valence-corrected chi connectivity index (χ4v) is 4.24. The van der Waals surface area contributed by atoms with E-state index in [9.17, 15) is 8.42 Å². The number of likely N-dealkylation sites (N-methyl/N-ethyl adjacent to an activating group) is 1. The Labute approximate surface area is 129 Å². The summed E-state index contributed by atoms with van der Waals surface area (Å²) < 4.78 is 32.0. The molecule has 5 nitrogen and oxygen atoms in total. The van der Waals surface area contributed by atoms with Crippen LogP contribution in [0.3, 0.4) is 0 Å². The molecule has 0 radical (unpaired) electrons. The number of methoxy groups -OCH3 is 1. The van der Waals surface area contributed by atoms with Crippen molar-refractivity contribution < 1.29 is 13.2 Å². The van der Waals surface area contributed by atoms with Gasteiger partial charge in [-0.05, 0) is 47.6 Å². The third-order valence-corrected chi connectivity index (χ3v) is 6.01. The Morgan fingerprint density at radius 1 is 1.45 bits per heavy atom. The van der Waals surface area contributed by atoms with E-state index in [0.717, 1.165) is 5.56 Å². The van der Waals surface area contributed by atoms with Crippen molar-refractivity contribution in [3.63, 3.8) is 0 Å². The van der Waals surface area contributed by atoms with Gasteiger partial charge < -0.3 is 10.1 Å². The number of hydrogen-bond acceptors (Lipinski definition) is 4. The Hall–Kier alpha value is -0.470. The molecule has 0 amide bonds. The molecule has 0 aliphatic rings. The van der Waals surface area contributed by atoms with Crippen LogP contribution in [0.5, 0.6) is 0 Å². The normalized spacial score (nSPS) is 13.7. The monoisotopic (exact) mass is 364 g/mol. The summed E-state index contributed by atoms with van der Waals surface area (Å²) in [5, 5.41) is 3.03. The Bertz CT molecular complexity index is 549. The lowest BCUT2D eigenvalue weighted by atomic mass is 10.2. The van der Waals surface area contributed by atoms with Gasteiger partial charge in [0, 0.05) is 31.2 Å². The SMILES string of the molecule is CNCc1ccc(S(=O)(=O)N(C)C(C)COC)c(Br)c1. The molecule has 0 aromatic heterocycles. The van der Waals surface area contributed by atoms with Crippen molar-refractivity contribution in [3.05, 3.63) is 28.2 Å². The van der Waals surface area contributed by atoms with Crippen LogP contribution in [0.1, 0.15) is 12.5 Å². The van der Waals surface area contributed by atoms with Gasteiger partial charge in [0.2, 0.25) is 10.0 Å². The molecule has 0 spiro atoms. The third-order valence-electron chi connectivity index (χ3n) is 3.06. The van der Waals surface area contributed by atoms with E-state index >= 15 is 0 Å². The summed E-state index contributed by atoms with van der Waals surface area (Å²) in [7, 11) is 1.43. The van der Waals surface area contributed by atoms with E-state index in [1.807, 2.05) is 26.1 Å². The van der Waals surface area contributed by atoms with Crippen LogP contribution in [0, 0.1) is 0 Å². The predicted octanol–water partition coefficient (Wildman–Crippen LogP) is 1.82. The van der Waals surface area contributed by atoms with Gasteiger partial charge in [-0.25, -0.2) is 8.42 Å². The van der Waals surface area contributed by atoms with Gasteiger partial charge in [-0.15, -0.1) is 0 Å². The van der Waals surface area contributed by atoms with Gasteiger partial charge >= 0.3 is 0 Å². The van der Waals surface area contributed by atoms with E-state index in [4.69, 9.17) is 4.74 Å². The number of sulfonamides is 1. The van der Waals surface area contributed by atoms with Crippen molar-refractivity contribution in [1.29, 1.82) is 0 Å². The molecule has 0 aliphatic carbocycles. The van der Waals surface area contributed by atoms with E-state index in [-0.39, 0.29) is 10.9 Å². The minimum atomic E-state index is -3.54. The molecule has 1 rings (SSSR count). The molecule has 7 heteroatoms. The zero-order chi connectivity index (χ0) is 15.3. The van der Waals surface area contributed by atoms with Crippen molar-refractivity contribution in [3.8, 4) is 0 Å². The second-order valence-electron chi connectivity index (χ2n) is 4.62. The molecule has 1 atom stereocenters. The fraction of sp³-hybridized carbons (Fsp3) is 0.538. The molecule has 1 unspecified atom stereocenters. The Morgan fingerprint density at radius 3 is 2.60 bits per heavy atom. The molecule has 0 aliphatic heterocycles. The zero-order valence-corrected chi connectivity index (χ0v) is 14.6. The maximum Gasteiger partial charge on any atom is 0.244 e. The quantitative estimate of drug-likeness (QED) is 0.801. The number of ether oxygens (including phenoxy) is 1. The van der Waals surface area contributed by atoms with E-state index in [1.54, 1.807) is 20.2 Å². The van der Waals surface area contributed by atoms with Crippen LogP contribution >= 0.6 is 15.9 Å². The number of rotatable bonds is 7. The standard InChI is InChI=1S/C13H21BrN2O3S/c1-10(9-19-4)16(3)20(17,18)13-6-5-11(8-15-2)7-12(13)14/h5-7,10,15H,8-9H2,1-4H3. The highest BCUT2D eigenvalue weighted by Gasteiger charge is 2.27. The molecular weight excluding hydrogens is 344 g/mol. The van der Waals surface area contributed by atoms with Gasteiger partial charge in [-0.3, -0.25) is 0 Å². The lowest BCUT2D eigenvalue weighted by molar-refractivity contribution is 0.149. The Kier molecular flexibility index (Phi) is 6.60. The van der Waals surface area contributed by atoms with E-state index in [1.165, 1.54) is 4.31 Å². The van der Waals surface area contributed by atoms with Crippen molar-refractivity contribution in [1.82, 2.24) is 9.62 Å². The lowest BCUT2D eigenvalue weighted by Crippen LogP contribution is -2.37. The minimum absolute atomic E-state index is 0.228. The number of nitrogens with one attached hydrogen (secondary N) is 1. The Morgan fingerprint density at radius 2 is 2.10 bits per heavy atom. The Balaban J connectivity index is 3.09. The third kappa shape index (κ3) is 4.02. The number of nitrogens with zero attached hydrogens (tertiary/aromatic N) is 1. The van der Waals surface area contributed by atoms with Crippen molar-refractivity contribution in [2.45, 2.75) is 24.4 Å². The summed E-state index contributed by atoms with van der Waals surface area (Å²) >= 11 is 3.34. The average molecular weight is 365 g/mol. The van der Waals surface area contributed by atoms with Gasteiger partial charge in [-0.2, -0.15) is 4.31 Å². The van der Waals surface area contributed by atoms with Crippen molar-refractivity contribution in [2.75, 3.05) is 27.8 Å². The first-order chi connectivity index (χ1) is 9.34. The summed E-state index contributed by atoms with van der Waals surface area (Å²) in [4.78, 5) is 0.266. The molecular formula is C13H21BrN2O3S. The lowest BCUT2D eigenvalue weighted by Gasteiger charge is -2.24. The average Bonchev–Trinajstić information content (AvgIpc) is 2.38. The molecule has 0 bridgehead atoms. The van der Waals surface area contributed by atoms with E-state index < -0.39 is 10.0 Å². The van der Waals surface area contributed by atoms with Gasteiger partial charge in [0.1, 0.15) is 0 Å². The zero-order valence-electron chi connectivity index (χ0n) is 12.2. The van der Waals surface area contributed by atoms with Crippen LogP contribution in [0.4, 0.5) is 0 Å². The van der Waals surface area contributed by atoms with Crippen molar-refractivity contribution in [2.24, 2.45) is 0 Å². The van der Waals surface area contributed by atoms with Gasteiger partial charge in [0.15, 0.2) is 0 Å². The van der Waals surface area contributed by atoms with Crippen LogP contribution in [0.2, 0.25) is 0 Å². The predicted molar refractivity (Wildman–Crippen MR) is 83.2 cm³/mol. The van der Waals surface area contributed by atoms with Crippen LogP contribution < -0.4 is 5.32 Å². The smallest absolute Gasteiger partial charge is 0.244 e. The second kappa shape index (κ2) is 7.51. The van der Waals surface area contributed by atoms with Crippen LogP contribution in [0.25, 0.3) is 0 Å². The minimum Gasteiger partial charge on any atom is -0.383 e. The first-order valence-electron chi connectivity index (χ1n) is 6.24. The maximum atomic E-state index is 12.6. The van der Waals surface area contributed by atoms with Crippen LogP contribution in [-0.2, 0) is 21.3 Å². The van der Waals surface area contributed by atoms with Crippen LogP contribution in [0.15, 0.2) is 27.6 Å². The molecule has 0 saturated carbocycles. The van der Waals surface area contributed by atoms with E-state index in [2.05, 4.69) is 21.2 Å². The molecule has 20 heavy (non-hydrogen) atoms. The molecule has 0 saturated heterocycles. The summed E-state index contributed by atoms with van der Waals surface area (Å²) in [5.41, 5.74) is 1.02. The summed E-state index contributed by atoms with van der Waals surface area (Å²) in [6, 6.07) is 5.03. The number of hydrogen-bond donors (Lipinski definition) is 1. The first-order valence-corrected chi connectivity index (χ1v) is 8.48. The number of halogens is 1. The largest absolute Gasteiger partial charge is 0.383 e. The highest BCUT2D eigenvalue weighted by molar-refractivity contribution is 9.10. The highest BCUT2D eigenvalue weighted by atomic mass is 79.9. The van der Waals surface area contributed by atoms with E-state index in [0.29, 0.717) is 17.6 Å². The molecule has 0 heterocycles. The maximum absolute atomic E-state index is 12.6. The first kappa shape index (κ1) is 17.6. The molecule has 1 aromatic rings. The highest BCUT2D eigenvalue weighted by Crippen LogP contribution is 2.26. The van der Waals surface area contributed by atoms with Crippen LogP contribution in [-0.4, -0.2) is 46.6 Å². The molecule has 1 aromatic carbocycles.